The molecule has 3 heterocycles. The molecule has 3 aromatic heterocycles. The van der Waals surface area contributed by atoms with Gasteiger partial charge in [-0.05, 0) is 55.9 Å². The summed E-state index contributed by atoms with van der Waals surface area (Å²) < 4.78 is 2.04. The minimum Gasteiger partial charge on any atom is -0.367 e. The summed E-state index contributed by atoms with van der Waals surface area (Å²) in [6.45, 7) is 2.22. The van der Waals surface area contributed by atoms with Crippen LogP contribution in [0.25, 0.3) is 16.6 Å². The third-order valence-electron chi connectivity index (χ3n) is 5.13. The number of hydrogen-bond acceptors (Lipinski definition) is 3. The van der Waals surface area contributed by atoms with Gasteiger partial charge in [-0.15, -0.1) is 0 Å². The van der Waals surface area contributed by atoms with Gasteiger partial charge in [0.2, 0.25) is 0 Å². The highest BCUT2D eigenvalue weighted by molar-refractivity contribution is 5.86. The Morgan fingerprint density at radius 2 is 2.04 bits per heavy atom. The summed E-state index contributed by atoms with van der Waals surface area (Å²) in [7, 11) is 0. The first kappa shape index (κ1) is 14.0. The van der Waals surface area contributed by atoms with Crippen LogP contribution in [-0.2, 0) is 6.42 Å². The standard InChI is InChI=1S/C20H22N4/c1-2-15-16(10-11-21-20(15)22-14-8-9-14)18-17-5-3-4-12-24(17)23-19(18)13-6-7-13/h3-5,10-14H,2,6-9H2,1H3,(H,21,22). The van der Waals surface area contributed by atoms with Crippen molar-refractivity contribution in [3.63, 3.8) is 0 Å². The smallest absolute Gasteiger partial charge is 0.129 e. The van der Waals surface area contributed by atoms with E-state index in [4.69, 9.17) is 5.10 Å². The molecule has 2 saturated carbocycles. The maximum absolute atomic E-state index is 4.91. The monoisotopic (exact) mass is 318 g/mol. The van der Waals surface area contributed by atoms with Crippen LogP contribution >= 0.6 is 0 Å². The maximum Gasteiger partial charge on any atom is 0.129 e. The molecule has 4 heteroatoms. The van der Waals surface area contributed by atoms with Crippen LogP contribution in [0.4, 0.5) is 5.82 Å². The Morgan fingerprint density at radius 3 is 2.79 bits per heavy atom. The van der Waals surface area contributed by atoms with Crippen LogP contribution in [0.2, 0.25) is 0 Å². The van der Waals surface area contributed by atoms with Crippen molar-refractivity contribution >= 4 is 11.3 Å². The van der Waals surface area contributed by atoms with Gasteiger partial charge in [0.25, 0.3) is 0 Å². The van der Waals surface area contributed by atoms with Crippen molar-refractivity contribution < 1.29 is 0 Å². The van der Waals surface area contributed by atoms with Crippen molar-refractivity contribution in [2.45, 2.75) is 51.0 Å². The molecule has 0 bridgehead atoms. The van der Waals surface area contributed by atoms with Gasteiger partial charge in [-0.2, -0.15) is 5.10 Å². The van der Waals surface area contributed by atoms with E-state index in [2.05, 4.69) is 41.6 Å². The van der Waals surface area contributed by atoms with Crippen LogP contribution in [0.5, 0.6) is 0 Å². The summed E-state index contributed by atoms with van der Waals surface area (Å²) in [5, 5.41) is 8.52. The van der Waals surface area contributed by atoms with E-state index in [0.717, 1.165) is 12.2 Å². The molecule has 0 atom stereocenters. The summed E-state index contributed by atoms with van der Waals surface area (Å²) in [5.41, 5.74) is 6.41. The SMILES string of the molecule is CCc1c(-c2c(C3CC3)nn3ccccc23)ccnc1NC1CC1. The van der Waals surface area contributed by atoms with E-state index in [0.29, 0.717) is 12.0 Å². The quantitative estimate of drug-likeness (QED) is 0.757. The predicted molar refractivity (Wildman–Crippen MR) is 96.4 cm³/mol. The molecule has 3 aromatic rings. The Balaban J connectivity index is 1.73. The molecular weight excluding hydrogens is 296 g/mol. The molecule has 122 valence electrons. The summed E-state index contributed by atoms with van der Waals surface area (Å²) in [4.78, 5) is 4.63. The second-order valence-electron chi connectivity index (χ2n) is 7.02. The first-order valence-corrected chi connectivity index (χ1v) is 9.07. The summed E-state index contributed by atoms with van der Waals surface area (Å²) in [5.74, 6) is 1.69. The Morgan fingerprint density at radius 1 is 1.17 bits per heavy atom. The molecule has 0 spiro atoms. The minimum atomic E-state index is 0.616. The van der Waals surface area contributed by atoms with E-state index < -0.39 is 0 Å². The lowest BCUT2D eigenvalue weighted by Crippen LogP contribution is -2.07. The number of nitrogens with one attached hydrogen (secondary N) is 1. The molecule has 2 fully saturated rings. The van der Waals surface area contributed by atoms with Gasteiger partial charge in [0, 0.05) is 35.5 Å². The molecule has 0 aliphatic heterocycles. The highest BCUT2D eigenvalue weighted by Gasteiger charge is 2.32. The predicted octanol–water partition coefficient (Wildman–Crippen LogP) is 4.41. The van der Waals surface area contributed by atoms with Gasteiger partial charge in [-0.3, -0.25) is 0 Å². The van der Waals surface area contributed by atoms with Crippen LogP contribution in [0.1, 0.15) is 49.8 Å². The largest absolute Gasteiger partial charge is 0.367 e. The topological polar surface area (TPSA) is 42.2 Å². The van der Waals surface area contributed by atoms with Crippen LogP contribution in [0.3, 0.4) is 0 Å². The number of anilines is 1. The lowest BCUT2D eigenvalue weighted by Gasteiger charge is -2.14. The lowest BCUT2D eigenvalue weighted by atomic mass is 9.96. The molecule has 0 saturated heterocycles. The zero-order valence-corrected chi connectivity index (χ0v) is 14.0. The Hall–Kier alpha value is -2.36. The number of pyridine rings is 2. The minimum absolute atomic E-state index is 0.616. The average molecular weight is 318 g/mol. The Labute approximate surface area is 141 Å². The number of fused-ring (bicyclic) bond motifs is 1. The van der Waals surface area contributed by atoms with Crippen LogP contribution < -0.4 is 5.32 Å². The van der Waals surface area contributed by atoms with Crippen molar-refractivity contribution in [2.24, 2.45) is 0 Å². The zero-order valence-electron chi connectivity index (χ0n) is 14.0. The lowest BCUT2D eigenvalue weighted by molar-refractivity contribution is 0.892. The summed E-state index contributed by atoms with van der Waals surface area (Å²) in [6.07, 6.45) is 10.0. The van der Waals surface area contributed by atoms with Gasteiger partial charge in [0.1, 0.15) is 5.82 Å². The van der Waals surface area contributed by atoms with Crippen molar-refractivity contribution in [3.05, 3.63) is 47.9 Å². The maximum atomic E-state index is 4.91. The number of rotatable bonds is 5. The Kier molecular flexibility index (Phi) is 3.12. The molecule has 0 amide bonds. The van der Waals surface area contributed by atoms with Crippen molar-refractivity contribution in [3.8, 4) is 11.1 Å². The van der Waals surface area contributed by atoms with E-state index in [-0.39, 0.29) is 0 Å². The third kappa shape index (κ3) is 2.29. The van der Waals surface area contributed by atoms with Crippen LogP contribution in [0.15, 0.2) is 36.7 Å². The highest BCUT2D eigenvalue weighted by atomic mass is 15.2. The van der Waals surface area contributed by atoms with Crippen molar-refractivity contribution in [1.82, 2.24) is 14.6 Å². The first-order valence-electron chi connectivity index (χ1n) is 9.07. The van der Waals surface area contributed by atoms with E-state index in [9.17, 15) is 0 Å². The highest BCUT2D eigenvalue weighted by Crippen LogP contribution is 2.46. The normalized spacial score (nSPS) is 17.4. The molecule has 5 rings (SSSR count). The third-order valence-corrected chi connectivity index (χ3v) is 5.13. The molecule has 2 aliphatic rings. The molecule has 4 nitrogen and oxygen atoms in total. The first-order chi connectivity index (χ1) is 11.8. The van der Waals surface area contributed by atoms with Gasteiger partial charge in [-0.1, -0.05) is 13.0 Å². The molecule has 0 unspecified atom stereocenters. The van der Waals surface area contributed by atoms with Crippen molar-refractivity contribution in [1.29, 1.82) is 0 Å². The molecular formula is C20H22N4. The fraction of sp³-hybridized carbons (Fsp3) is 0.400. The van der Waals surface area contributed by atoms with Gasteiger partial charge in [0.05, 0.1) is 11.2 Å². The molecule has 1 N–H and O–H groups in total. The van der Waals surface area contributed by atoms with E-state index in [1.54, 1.807) is 0 Å². The molecule has 0 radical (unpaired) electrons. The number of nitrogens with zero attached hydrogens (tertiary/aromatic N) is 3. The molecule has 2 aliphatic carbocycles. The van der Waals surface area contributed by atoms with Crippen LogP contribution in [0, 0.1) is 0 Å². The van der Waals surface area contributed by atoms with Gasteiger partial charge >= 0.3 is 0 Å². The Bertz CT molecular complexity index is 903. The van der Waals surface area contributed by atoms with Gasteiger partial charge < -0.3 is 5.32 Å². The van der Waals surface area contributed by atoms with E-state index >= 15 is 0 Å². The van der Waals surface area contributed by atoms with E-state index in [1.165, 1.54) is 53.6 Å². The second-order valence-corrected chi connectivity index (χ2v) is 7.02. The zero-order chi connectivity index (χ0) is 16.1. The van der Waals surface area contributed by atoms with Crippen LogP contribution in [-0.4, -0.2) is 20.6 Å². The average Bonchev–Trinajstić information content (AvgIpc) is 3.53. The fourth-order valence-electron chi connectivity index (χ4n) is 3.57. The van der Waals surface area contributed by atoms with Crippen molar-refractivity contribution in [2.75, 3.05) is 5.32 Å². The number of aromatic nitrogens is 3. The fourth-order valence-corrected chi connectivity index (χ4v) is 3.57. The van der Waals surface area contributed by atoms with Gasteiger partial charge in [-0.25, -0.2) is 9.50 Å². The van der Waals surface area contributed by atoms with E-state index in [1.807, 2.05) is 16.8 Å². The summed E-state index contributed by atoms with van der Waals surface area (Å²) in [6, 6.07) is 9.13. The second kappa shape index (κ2) is 5.33. The molecule has 0 aromatic carbocycles. The number of hydrogen-bond donors (Lipinski definition) is 1. The van der Waals surface area contributed by atoms with Gasteiger partial charge in [0.15, 0.2) is 0 Å². The molecule has 24 heavy (non-hydrogen) atoms. The summed E-state index contributed by atoms with van der Waals surface area (Å²) >= 11 is 0.